The topological polar surface area (TPSA) is 91.2 Å². The van der Waals surface area contributed by atoms with Gasteiger partial charge in [-0.1, -0.05) is 13.3 Å². The summed E-state index contributed by atoms with van der Waals surface area (Å²) in [5.74, 6) is 0.629. The molecule has 10 heteroatoms. The Morgan fingerprint density at radius 3 is 2.38 bits per heavy atom. The molecular formula is C22H36N6O4. The zero-order chi connectivity index (χ0) is 23.6. The molecule has 178 valence electrons. The third-order valence-corrected chi connectivity index (χ3v) is 5.84. The van der Waals surface area contributed by atoms with Crippen molar-refractivity contribution in [2.24, 2.45) is 0 Å². The first-order valence-electron chi connectivity index (χ1n) is 11.5. The molecule has 1 fully saturated rings. The molecule has 0 aromatic carbocycles. The second kappa shape index (κ2) is 9.48. The quantitative estimate of drug-likeness (QED) is 0.664. The first-order chi connectivity index (χ1) is 15.1. The first kappa shape index (κ1) is 24.0. The van der Waals surface area contributed by atoms with Crippen molar-refractivity contribution < 1.29 is 19.1 Å². The van der Waals surface area contributed by atoms with Crippen LogP contribution >= 0.6 is 0 Å². The second-order valence-electron chi connectivity index (χ2n) is 9.32. The summed E-state index contributed by atoms with van der Waals surface area (Å²) in [7, 11) is 0. The van der Waals surface area contributed by atoms with E-state index in [4.69, 9.17) is 4.74 Å². The van der Waals surface area contributed by atoms with Gasteiger partial charge in [-0.05, 0) is 41.0 Å². The minimum absolute atomic E-state index is 0.0572. The second-order valence-corrected chi connectivity index (χ2v) is 9.32. The highest BCUT2D eigenvalue weighted by Crippen LogP contribution is 2.22. The van der Waals surface area contributed by atoms with Crippen molar-refractivity contribution >= 4 is 18.0 Å². The minimum Gasteiger partial charge on any atom is -0.444 e. The van der Waals surface area contributed by atoms with Crippen LogP contribution in [-0.4, -0.2) is 91.8 Å². The van der Waals surface area contributed by atoms with Crippen LogP contribution in [0, 0.1) is 6.92 Å². The number of fused-ring (bicyclic) bond motifs is 1. The van der Waals surface area contributed by atoms with Gasteiger partial charge in [-0.3, -0.25) is 14.7 Å². The molecule has 3 rings (SSSR count). The highest BCUT2D eigenvalue weighted by molar-refractivity contribution is 5.86. The molecule has 10 nitrogen and oxygen atoms in total. The molecule has 3 heterocycles. The average molecular weight is 449 g/mol. The lowest BCUT2D eigenvalue weighted by atomic mass is 10.1. The lowest BCUT2D eigenvalue weighted by Gasteiger charge is -2.41. The van der Waals surface area contributed by atoms with Gasteiger partial charge < -0.3 is 9.64 Å². The molecule has 0 bridgehead atoms. The number of hydrogen-bond donors (Lipinski definition) is 0. The van der Waals surface area contributed by atoms with E-state index in [-0.39, 0.29) is 11.9 Å². The van der Waals surface area contributed by atoms with Crippen LogP contribution in [0.3, 0.4) is 0 Å². The fourth-order valence-corrected chi connectivity index (χ4v) is 4.27. The first-order valence-corrected chi connectivity index (χ1v) is 11.5. The normalized spacial score (nSPS) is 18.0. The average Bonchev–Trinajstić information content (AvgIpc) is 3.26. The number of amides is 3. The summed E-state index contributed by atoms with van der Waals surface area (Å²) in [4.78, 5) is 46.5. The van der Waals surface area contributed by atoms with Gasteiger partial charge in [0, 0.05) is 32.7 Å². The van der Waals surface area contributed by atoms with Crippen LogP contribution < -0.4 is 0 Å². The van der Waals surface area contributed by atoms with Crippen molar-refractivity contribution in [3.63, 3.8) is 0 Å². The van der Waals surface area contributed by atoms with Gasteiger partial charge >= 0.3 is 12.1 Å². The van der Waals surface area contributed by atoms with Crippen LogP contribution in [0.2, 0.25) is 0 Å². The number of carbonyl (C=O) groups excluding carboxylic acids is 3. The van der Waals surface area contributed by atoms with Crippen molar-refractivity contribution in [1.82, 2.24) is 29.4 Å². The van der Waals surface area contributed by atoms with Gasteiger partial charge in [0.25, 0.3) is 0 Å². The Hall–Kier alpha value is -2.62. The van der Waals surface area contributed by atoms with Crippen molar-refractivity contribution in [2.45, 2.75) is 72.6 Å². The number of piperazine rings is 1. The molecule has 0 saturated carbocycles. The van der Waals surface area contributed by atoms with Gasteiger partial charge in [-0.15, -0.1) is 0 Å². The molecule has 1 aromatic rings. The third kappa shape index (κ3) is 4.90. The van der Waals surface area contributed by atoms with Gasteiger partial charge in [-0.2, -0.15) is 0 Å². The Labute approximate surface area is 190 Å². The molecular weight excluding hydrogens is 412 g/mol. The highest BCUT2D eigenvalue weighted by atomic mass is 16.6. The summed E-state index contributed by atoms with van der Waals surface area (Å²) in [6, 6.07) is -0.643. The molecule has 2 aliphatic heterocycles. The number of aryl methyl sites for hydroxylation is 1. The summed E-state index contributed by atoms with van der Waals surface area (Å²) in [5, 5.41) is 3.73. The molecule has 1 saturated heterocycles. The Kier molecular flexibility index (Phi) is 7.12. The van der Waals surface area contributed by atoms with Gasteiger partial charge in [-0.25, -0.2) is 24.1 Å². The number of imidazole rings is 1. The Morgan fingerprint density at radius 1 is 1.19 bits per heavy atom. The fraction of sp³-hybridized carbons (Fsp3) is 0.727. The van der Waals surface area contributed by atoms with Crippen molar-refractivity contribution in [1.29, 1.82) is 0 Å². The van der Waals surface area contributed by atoms with E-state index in [1.54, 1.807) is 20.7 Å². The summed E-state index contributed by atoms with van der Waals surface area (Å²) in [6.07, 6.45) is 2.64. The molecule has 0 aliphatic carbocycles. The molecule has 32 heavy (non-hydrogen) atoms. The van der Waals surface area contributed by atoms with E-state index in [9.17, 15) is 14.4 Å². The monoisotopic (exact) mass is 448 g/mol. The van der Waals surface area contributed by atoms with Crippen molar-refractivity contribution in [3.05, 3.63) is 17.7 Å². The maximum absolute atomic E-state index is 13.4. The van der Waals surface area contributed by atoms with E-state index in [0.29, 0.717) is 51.5 Å². The maximum Gasteiger partial charge on any atom is 0.410 e. The predicted octanol–water partition coefficient (Wildman–Crippen LogP) is 2.46. The number of hydrogen-bond acceptors (Lipinski definition) is 6. The lowest BCUT2D eigenvalue weighted by Crippen LogP contribution is -2.59. The summed E-state index contributed by atoms with van der Waals surface area (Å²) >= 11 is 0. The zero-order valence-electron chi connectivity index (χ0n) is 20.1. The molecule has 0 spiro atoms. The van der Waals surface area contributed by atoms with Gasteiger partial charge in [0.05, 0.1) is 18.4 Å². The molecule has 2 aliphatic rings. The number of carbonyl (C=O) groups is 3. The zero-order valence-corrected chi connectivity index (χ0v) is 20.1. The summed E-state index contributed by atoms with van der Waals surface area (Å²) in [5.41, 5.74) is 0.260. The van der Waals surface area contributed by atoms with Gasteiger partial charge in [0.15, 0.2) is 0 Å². The van der Waals surface area contributed by atoms with Gasteiger partial charge in [0.2, 0.25) is 5.91 Å². The summed E-state index contributed by atoms with van der Waals surface area (Å²) < 4.78 is 7.17. The smallest absolute Gasteiger partial charge is 0.410 e. The molecule has 1 aromatic heterocycles. The Bertz CT molecular complexity index is 853. The molecule has 1 atom stereocenters. The number of nitrogens with zero attached hydrogens (tertiary/aromatic N) is 6. The number of aromatic nitrogens is 2. The largest absolute Gasteiger partial charge is 0.444 e. The number of likely N-dealkylation sites (N-methyl/N-ethyl adjacent to an activating group) is 1. The fourth-order valence-electron chi connectivity index (χ4n) is 4.27. The number of rotatable bonds is 6. The predicted molar refractivity (Wildman–Crippen MR) is 119 cm³/mol. The van der Waals surface area contributed by atoms with Crippen molar-refractivity contribution in [2.75, 3.05) is 32.7 Å². The van der Waals surface area contributed by atoms with Crippen LogP contribution in [0.5, 0.6) is 0 Å². The van der Waals surface area contributed by atoms with E-state index >= 15 is 0 Å². The third-order valence-electron chi connectivity index (χ3n) is 5.84. The maximum atomic E-state index is 13.4. The molecule has 1 unspecified atom stereocenters. The standard InChI is InChI=1S/C22H36N6O4/c1-7-9-18(26(8-2)21(31)32-22(4,5)6)19(29)24-10-12-25(13-11-24)27-15-17-14-23-16(3)28(17)20(27)30/h14,18H,7-13,15H2,1-6H3. The highest BCUT2D eigenvalue weighted by Gasteiger charge is 2.38. The SMILES string of the molecule is CCCC(C(=O)N1CCN(N2Cc3cnc(C)n3C2=O)CC1)N(CC)C(=O)OC(C)(C)C. The van der Waals surface area contributed by atoms with Crippen molar-refractivity contribution in [3.8, 4) is 0 Å². The van der Waals surface area contributed by atoms with Crippen LogP contribution in [0.25, 0.3) is 0 Å². The van der Waals surface area contributed by atoms with E-state index in [0.717, 1.165) is 12.1 Å². The molecule has 3 amide bonds. The molecule has 0 radical (unpaired) electrons. The molecule has 0 N–H and O–H groups in total. The van der Waals surface area contributed by atoms with E-state index < -0.39 is 17.7 Å². The number of ether oxygens (including phenoxy) is 1. The number of hydrazine groups is 1. The van der Waals surface area contributed by atoms with Crippen LogP contribution in [0.1, 0.15) is 59.0 Å². The van der Waals surface area contributed by atoms with Gasteiger partial charge in [0.1, 0.15) is 17.5 Å². The van der Waals surface area contributed by atoms with E-state index in [1.165, 1.54) is 4.90 Å². The van der Waals surface area contributed by atoms with E-state index in [1.807, 2.05) is 46.6 Å². The summed E-state index contributed by atoms with van der Waals surface area (Å²) in [6.45, 7) is 14.2. The van der Waals surface area contributed by atoms with Crippen LogP contribution in [-0.2, 0) is 16.1 Å². The van der Waals surface area contributed by atoms with Crippen LogP contribution in [0.15, 0.2) is 6.20 Å². The Balaban J connectivity index is 1.63. The minimum atomic E-state index is -0.620. The van der Waals surface area contributed by atoms with E-state index in [2.05, 4.69) is 4.98 Å². The van der Waals surface area contributed by atoms with Crippen LogP contribution in [0.4, 0.5) is 9.59 Å². The Morgan fingerprint density at radius 2 is 1.84 bits per heavy atom. The lowest BCUT2D eigenvalue weighted by molar-refractivity contribution is -0.141.